The van der Waals surface area contributed by atoms with Crippen molar-refractivity contribution in [2.75, 3.05) is 0 Å². The van der Waals surface area contributed by atoms with E-state index >= 15 is 0 Å². The van der Waals surface area contributed by atoms with Crippen molar-refractivity contribution in [2.24, 2.45) is 0 Å². The summed E-state index contributed by atoms with van der Waals surface area (Å²) in [6, 6.07) is 6.98. The number of carbonyl (C=O) groups is 1. The van der Waals surface area contributed by atoms with E-state index in [1.54, 1.807) is 31.2 Å². The second-order valence-electron chi connectivity index (χ2n) is 2.88. The van der Waals surface area contributed by atoms with E-state index < -0.39 is 0 Å². The quantitative estimate of drug-likeness (QED) is 0.523. The summed E-state index contributed by atoms with van der Waals surface area (Å²) in [6.45, 7) is 6.93. The van der Waals surface area contributed by atoms with Gasteiger partial charge in [-0.15, -0.1) is 0 Å². The van der Waals surface area contributed by atoms with Crippen LogP contribution in [0.2, 0.25) is 0 Å². The molecule has 1 rings (SSSR count). The molecule has 0 aliphatic heterocycles. The predicted octanol–water partition coefficient (Wildman–Crippen LogP) is 2.80. The minimum Gasteiger partial charge on any atom is -0.463 e. The fourth-order valence-corrected chi connectivity index (χ4v) is 0.959. The van der Waals surface area contributed by atoms with Gasteiger partial charge in [-0.2, -0.15) is 0 Å². The van der Waals surface area contributed by atoms with E-state index in [9.17, 15) is 4.79 Å². The van der Waals surface area contributed by atoms with Crippen LogP contribution in [0.5, 0.6) is 5.75 Å². The highest BCUT2D eigenvalue weighted by molar-refractivity contribution is 5.94. The van der Waals surface area contributed by atoms with E-state index in [4.69, 9.17) is 4.74 Å². The molecule has 0 aliphatic carbocycles. The molecule has 0 atom stereocenters. The predicted molar refractivity (Wildman–Crippen MR) is 51.9 cm³/mol. The monoisotopic (exact) mass is 176 g/mol. The first kappa shape index (κ1) is 9.52. The van der Waals surface area contributed by atoms with Gasteiger partial charge in [0.2, 0.25) is 0 Å². The Labute approximate surface area is 77.8 Å². The molecule has 2 nitrogen and oxygen atoms in total. The van der Waals surface area contributed by atoms with Gasteiger partial charge in [0.15, 0.2) is 5.78 Å². The van der Waals surface area contributed by atoms with Crippen molar-refractivity contribution in [2.45, 2.75) is 13.8 Å². The van der Waals surface area contributed by atoms with E-state index in [-0.39, 0.29) is 5.78 Å². The number of rotatable bonds is 3. The highest BCUT2D eigenvalue weighted by atomic mass is 16.5. The van der Waals surface area contributed by atoms with Crippen LogP contribution in [0.25, 0.3) is 0 Å². The first-order chi connectivity index (χ1) is 6.09. The average Bonchev–Trinajstić information content (AvgIpc) is 2.04. The third-order valence-corrected chi connectivity index (χ3v) is 1.55. The minimum atomic E-state index is 0.0573. The van der Waals surface area contributed by atoms with Crippen LogP contribution in [0.4, 0.5) is 0 Å². The van der Waals surface area contributed by atoms with Crippen molar-refractivity contribution >= 4 is 5.78 Å². The highest BCUT2D eigenvalue weighted by Gasteiger charge is 1.98. The average molecular weight is 176 g/mol. The van der Waals surface area contributed by atoms with E-state index in [1.165, 1.54) is 6.92 Å². The van der Waals surface area contributed by atoms with Crippen molar-refractivity contribution in [1.82, 2.24) is 0 Å². The van der Waals surface area contributed by atoms with E-state index in [0.717, 1.165) is 0 Å². The van der Waals surface area contributed by atoms with Gasteiger partial charge in [0, 0.05) is 5.56 Å². The molecule has 0 spiro atoms. The SMILES string of the molecule is C=C(C)Oc1ccc(C(C)=O)cc1. The molecule has 0 N–H and O–H groups in total. The molecule has 1 aromatic rings. The van der Waals surface area contributed by atoms with Gasteiger partial charge in [0.1, 0.15) is 5.75 Å². The minimum absolute atomic E-state index is 0.0573. The molecule has 68 valence electrons. The lowest BCUT2D eigenvalue weighted by molar-refractivity contribution is 0.101. The Kier molecular flexibility index (Phi) is 2.85. The lowest BCUT2D eigenvalue weighted by Gasteiger charge is -2.03. The molecule has 0 aromatic heterocycles. The van der Waals surface area contributed by atoms with Crippen LogP contribution in [0.1, 0.15) is 24.2 Å². The van der Waals surface area contributed by atoms with Crippen LogP contribution in [-0.4, -0.2) is 5.78 Å². The summed E-state index contributed by atoms with van der Waals surface area (Å²) in [5.41, 5.74) is 0.689. The summed E-state index contributed by atoms with van der Waals surface area (Å²) in [5.74, 6) is 1.40. The summed E-state index contributed by atoms with van der Waals surface area (Å²) in [6.07, 6.45) is 0. The molecule has 0 amide bonds. The van der Waals surface area contributed by atoms with Gasteiger partial charge in [-0.25, -0.2) is 0 Å². The zero-order chi connectivity index (χ0) is 9.84. The zero-order valence-corrected chi connectivity index (χ0v) is 7.83. The molecule has 0 fully saturated rings. The van der Waals surface area contributed by atoms with Gasteiger partial charge in [0.05, 0.1) is 5.76 Å². The maximum atomic E-state index is 10.9. The Morgan fingerprint density at radius 1 is 1.23 bits per heavy atom. The third-order valence-electron chi connectivity index (χ3n) is 1.55. The normalized spacial score (nSPS) is 9.38. The molecule has 0 saturated carbocycles. The van der Waals surface area contributed by atoms with E-state index in [0.29, 0.717) is 17.1 Å². The molecular weight excluding hydrogens is 164 g/mol. The summed E-state index contributed by atoms with van der Waals surface area (Å²) in [5, 5.41) is 0. The Morgan fingerprint density at radius 3 is 2.15 bits per heavy atom. The largest absolute Gasteiger partial charge is 0.463 e. The molecular formula is C11H12O2. The van der Waals surface area contributed by atoms with Gasteiger partial charge in [-0.3, -0.25) is 4.79 Å². The van der Waals surface area contributed by atoms with Gasteiger partial charge in [0.25, 0.3) is 0 Å². The Bertz CT molecular complexity index is 322. The lowest BCUT2D eigenvalue weighted by Crippen LogP contribution is -1.92. The van der Waals surface area contributed by atoms with Crippen LogP contribution in [-0.2, 0) is 0 Å². The van der Waals surface area contributed by atoms with Gasteiger partial charge < -0.3 is 4.74 Å². The van der Waals surface area contributed by atoms with E-state index in [1.807, 2.05) is 0 Å². The molecule has 0 radical (unpaired) electrons. The van der Waals surface area contributed by atoms with Gasteiger partial charge >= 0.3 is 0 Å². The summed E-state index contributed by atoms with van der Waals surface area (Å²) < 4.78 is 5.24. The fourth-order valence-electron chi connectivity index (χ4n) is 0.959. The second kappa shape index (κ2) is 3.90. The van der Waals surface area contributed by atoms with Crippen LogP contribution < -0.4 is 4.74 Å². The molecule has 2 heteroatoms. The lowest BCUT2D eigenvalue weighted by atomic mass is 10.1. The number of allylic oxidation sites excluding steroid dienone is 1. The van der Waals surface area contributed by atoms with Gasteiger partial charge in [-0.1, -0.05) is 6.58 Å². The van der Waals surface area contributed by atoms with E-state index in [2.05, 4.69) is 6.58 Å². The molecule has 0 bridgehead atoms. The zero-order valence-electron chi connectivity index (χ0n) is 7.83. The number of ether oxygens (including phenoxy) is 1. The molecule has 13 heavy (non-hydrogen) atoms. The summed E-state index contributed by atoms with van der Waals surface area (Å²) >= 11 is 0. The molecule has 0 aliphatic rings. The van der Waals surface area contributed by atoms with Crippen LogP contribution in [0.15, 0.2) is 36.6 Å². The maximum absolute atomic E-state index is 10.9. The van der Waals surface area contributed by atoms with Gasteiger partial charge in [-0.05, 0) is 38.1 Å². The van der Waals surface area contributed by atoms with Crippen LogP contribution in [0.3, 0.4) is 0 Å². The highest BCUT2D eigenvalue weighted by Crippen LogP contribution is 2.14. The van der Waals surface area contributed by atoms with Crippen LogP contribution >= 0.6 is 0 Å². The number of Topliss-reactive ketones (excluding diaryl/α,β-unsaturated/α-hetero) is 1. The maximum Gasteiger partial charge on any atom is 0.159 e. The molecule has 1 aromatic carbocycles. The first-order valence-corrected chi connectivity index (χ1v) is 4.04. The Balaban J connectivity index is 2.81. The molecule has 0 heterocycles. The number of ketones is 1. The standard InChI is InChI=1S/C11H12O2/c1-8(2)13-11-6-4-10(5-7-11)9(3)12/h4-7H,1H2,2-3H3. The van der Waals surface area contributed by atoms with Crippen LogP contribution in [0, 0.1) is 0 Å². The number of carbonyl (C=O) groups excluding carboxylic acids is 1. The number of hydrogen-bond acceptors (Lipinski definition) is 2. The number of benzene rings is 1. The van der Waals surface area contributed by atoms with Crippen molar-refractivity contribution in [3.63, 3.8) is 0 Å². The Morgan fingerprint density at radius 2 is 1.77 bits per heavy atom. The fraction of sp³-hybridized carbons (Fsp3) is 0.182. The van der Waals surface area contributed by atoms with Crippen molar-refractivity contribution < 1.29 is 9.53 Å². The molecule has 0 saturated heterocycles. The summed E-state index contributed by atoms with van der Waals surface area (Å²) in [4.78, 5) is 10.9. The number of hydrogen-bond donors (Lipinski definition) is 0. The van der Waals surface area contributed by atoms with Crippen molar-refractivity contribution in [3.05, 3.63) is 42.2 Å². The summed E-state index contributed by atoms with van der Waals surface area (Å²) in [7, 11) is 0. The second-order valence-corrected chi connectivity index (χ2v) is 2.88. The van der Waals surface area contributed by atoms with Crippen molar-refractivity contribution in [3.8, 4) is 5.75 Å². The topological polar surface area (TPSA) is 26.3 Å². The third kappa shape index (κ3) is 2.75. The smallest absolute Gasteiger partial charge is 0.159 e. The molecule has 0 unspecified atom stereocenters. The Hall–Kier alpha value is -1.57. The van der Waals surface area contributed by atoms with Crippen molar-refractivity contribution in [1.29, 1.82) is 0 Å². The first-order valence-electron chi connectivity index (χ1n) is 4.04.